The van der Waals surface area contributed by atoms with Crippen molar-refractivity contribution in [2.45, 2.75) is 37.8 Å². The Balaban J connectivity index is 1.68. The summed E-state index contributed by atoms with van der Waals surface area (Å²) in [6.07, 6.45) is 3.75. The van der Waals surface area contributed by atoms with Crippen LogP contribution in [0.4, 0.5) is 4.79 Å². The maximum Gasteiger partial charge on any atom is 0.404 e. The minimum atomic E-state index is -0.884. The second kappa shape index (κ2) is 3.54. The largest absolute Gasteiger partial charge is 0.465 e. The van der Waals surface area contributed by atoms with Crippen molar-refractivity contribution in [3.05, 3.63) is 0 Å². The van der Waals surface area contributed by atoms with Crippen molar-refractivity contribution >= 4 is 6.09 Å². The van der Waals surface area contributed by atoms with Gasteiger partial charge in [-0.1, -0.05) is 0 Å². The molecule has 2 aliphatic rings. The van der Waals surface area contributed by atoms with Crippen LogP contribution in [0.2, 0.25) is 0 Å². The van der Waals surface area contributed by atoms with Gasteiger partial charge in [0.05, 0.1) is 0 Å². The highest BCUT2D eigenvalue weighted by atomic mass is 16.4. The molecule has 0 bridgehead atoms. The third kappa shape index (κ3) is 1.94. The number of rotatable bonds is 2. The molecule has 1 saturated heterocycles. The average Bonchev–Trinajstić information content (AvgIpc) is 2.46. The number of nitrogens with zero attached hydrogens (tertiary/aromatic N) is 1. The zero-order valence-electron chi connectivity index (χ0n) is 7.70. The van der Waals surface area contributed by atoms with Gasteiger partial charge in [-0.05, 0) is 38.8 Å². The molecule has 0 spiro atoms. The van der Waals surface area contributed by atoms with Gasteiger partial charge in [0.25, 0.3) is 0 Å². The predicted octanol–water partition coefficient (Wildman–Crippen LogP) is 0.881. The minimum absolute atomic E-state index is 0.211. The van der Waals surface area contributed by atoms with Gasteiger partial charge in [0.15, 0.2) is 0 Å². The molecule has 13 heavy (non-hydrogen) atoms. The number of carbonyl (C=O) groups is 1. The highest BCUT2D eigenvalue weighted by Crippen LogP contribution is 2.28. The molecule has 1 saturated carbocycles. The van der Waals surface area contributed by atoms with Crippen molar-refractivity contribution in [1.29, 1.82) is 0 Å². The number of nitrogens with one attached hydrogen (secondary N) is 1. The lowest BCUT2D eigenvalue weighted by Gasteiger charge is -2.40. The number of amides is 1. The maximum atomic E-state index is 10.3. The highest BCUT2D eigenvalue weighted by molar-refractivity contribution is 5.65. The predicted molar refractivity (Wildman–Crippen MR) is 48.8 cm³/mol. The lowest BCUT2D eigenvalue weighted by atomic mass is 9.86. The fourth-order valence-electron chi connectivity index (χ4n) is 2.29. The lowest BCUT2D eigenvalue weighted by molar-refractivity contribution is 0.114. The second-order valence-corrected chi connectivity index (χ2v) is 4.01. The van der Waals surface area contributed by atoms with Crippen LogP contribution in [0.3, 0.4) is 0 Å². The van der Waals surface area contributed by atoms with E-state index in [0.717, 1.165) is 12.8 Å². The van der Waals surface area contributed by atoms with Crippen LogP contribution in [-0.4, -0.2) is 41.3 Å². The van der Waals surface area contributed by atoms with Crippen LogP contribution >= 0.6 is 0 Å². The second-order valence-electron chi connectivity index (χ2n) is 4.01. The van der Waals surface area contributed by atoms with Crippen LogP contribution in [0.1, 0.15) is 25.7 Å². The number of likely N-dealkylation sites (tertiary alicyclic amines) is 1. The van der Waals surface area contributed by atoms with E-state index >= 15 is 0 Å². The van der Waals surface area contributed by atoms with Gasteiger partial charge in [0.2, 0.25) is 0 Å². The number of carboxylic acid groups (broad SMARTS) is 1. The summed E-state index contributed by atoms with van der Waals surface area (Å²) in [4.78, 5) is 12.8. The summed E-state index contributed by atoms with van der Waals surface area (Å²) >= 11 is 0. The monoisotopic (exact) mass is 184 g/mol. The molecule has 4 nitrogen and oxygen atoms in total. The van der Waals surface area contributed by atoms with E-state index in [1.165, 1.54) is 25.9 Å². The van der Waals surface area contributed by atoms with Gasteiger partial charge in [-0.25, -0.2) is 4.79 Å². The first-order valence-corrected chi connectivity index (χ1v) is 4.99. The van der Waals surface area contributed by atoms with E-state index in [0.29, 0.717) is 6.04 Å². The summed E-state index contributed by atoms with van der Waals surface area (Å²) in [6.45, 7) is 2.43. The Bertz CT molecular complexity index is 196. The Morgan fingerprint density at radius 1 is 1.31 bits per heavy atom. The van der Waals surface area contributed by atoms with E-state index in [2.05, 4.69) is 10.2 Å². The molecular weight excluding hydrogens is 168 g/mol. The Labute approximate surface area is 77.9 Å². The van der Waals surface area contributed by atoms with Crippen LogP contribution in [-0.2, 0) is 0 Å². The molecule has 0 radical (unpaired) electrons. The molecule has 0 aromatic carbocycles. The van der Waals surface area contributed by atoms with Crippen molar-refractivity contribution in [3.63, 3.8) is 0 Å². The SMILES string of the molecule is O=C(O)NC1CC(N2CCCC2)C1. The first kappa shape index (κ1) is 8.81. The Morgan fingerprint density at radius 2 is 1.92 bits per heavy atom. The van der Waals surface area contributed by atoms with Crippen molar-refractivity contribution in [3.8, 4) is 0 Å². The van der Waals surface area contributed by atoms with Gasteiger partial charge < -0.3 is 15.3 Å². The summed E-state index contributed by atoms with van der Waals surface area (Å²) in [6, 6.07) is 0.863. The molecule has 1 aliphatic carbocycles. The van der Waals surface area contributed by atoms with Crippen molar-refractivity contribution in [1.82, 2.24) is 10.2 Å². The summed E-state index contributed by atoms with van der Waals surface area (Å²) in [5.41, 5.74) is 0. The van der Waals surface area contributed by atoms with Gasteiger partial charge in [0.1, 0.15) is 0 Å². The molecule has 74 valence electrons. The molecule has 0 aromatic heterocycles. The Kier molecular flexibility index (Phi) is 2.40. The highest BCUT2D eigenvalue weighted by Gasteiger charge is 2.35. The standard InChI is InChI=1S/C9H16N2O2/c12-9(13)10-7-5-8(6-7)11-3-1-2-4-11/h7-8,10H,1-6H2,(H,12,13). The van der Waals surface area contributed by atoms with Crippen LogP contribution in [0.5, 0.6) is 0 Å². The van der Waals surface area contributed by atoms with E-state index in [1.54, 1.807) is 0 Å². The fourth-order valence-corrected chi connectivity index (χ4v) is 2.29. The molecule has 0 aromatic rings. The molecular formula is C9H16N2O2. The fraction of sp³-hybridized carbons (Fsp3) is 0.889. The lowest BCUT2D eigenvalue weighted by Crippen LogP contribution is -2.52. The van der Waals surface area contributed by atoms with E-state index in [9.17, 15) is 4.79 Å². The van der Waals surface area contributed by atoms with Crippen molar-refractivity contribution in [2.24, 2.45) is 0 Å². The third-order valence-electron chi connectivity index (χ3n) is 3.10. The topological polar surface area (TPSA) is 52.6 Å². The van der Waals surface area contributed by atoms with Gasteiger partial charge in [-0.3, -0.25) is 0 Å². The first-order chi connectivity index (χ1) is 6.25. The van der Waals surface area contributed by atoms with Crippen LogP contribution in [0.15, 0.2) is 0 Å². The van der Waals surface area contributed by atoms with Crippen LogP contribution in [0.25, 0.3) is 0 Å². The summed E-state index contributed by atoms with van der Waals surface area (Å²) < 4.78 is 0. The van der Waals surface area contributed by atoms with Gasteiger partial charge >= 0.3 is 6.09 Å². The summed E-state index contributed by atoms with van der Waals surface area (Å²) in [7, 11) is 0. The molecule has 1 aliphatic heterocycles. The summed E-state index contributed by atoms with van der Waals surface area (Å²) in [5, 5.41) is 11.0. The van der Waals surface area contributed by atoms with Gasteiger partial charge in [0, 0.05) is 12.1 Å². The smallest absolute Gasteiger partial charge is 0.404 e. The molecule has 1 heterocycles. The van der Waals surface area contributed by atoms with Crippen molar-refractivity contribution in [2.75, 3.05) is 13.1 Å². The number of hydrogen-bond donors (Lipinski definition) is 2. The summed E-state index contributed by atoms with van der Waals surface area (Å²) in [5.74, 6) is 0. The molecule has 0 atom stereocenters. The molecule has 4 heteroatoms. The Hall–Kier alpha value is -0.770. The maximum absolute atomic E-state index is 10.3. The quantitative estimate of drug-likeness (QED) is 0.670. The molecule has 1 amide bonds. The van der Waals surface area contributed by atoms with Gasteiger partial charge in [-0.15, -0.1) is 0 Å². The first-order valence-electron chi connectivity index (χ1n) is 4.99. The van der Waals surface area contributed by atoms with E-state index in [4.69, 9.17) is 5.11 Å². The Morgan fingerprint density at radius 3 is 2.46 bits per heavy atom. The van der Waals surface area contributed by atoms with Crippen LogP contribution in [0, 0.1) is 0 Å². The van der Waals surface area contributed by atoms with Crippen LogP contribution < -0.4 is 5.32 Å². The molecule has 2 fully saturated rings. The van der Waals surface area contributed by atoms with E-state index in [-0.39, 0.29) is 6.04 Å². The average molecular weight is 184 g/mol. The number of hydrogen-bond acceptors (Lipinski definition) is 2. The zero-order valence-corrected chi connectivity index (χ0v) is 7.70. The molecule has 2 N–H and O–H groups in total. The minimum Gasteiger partial charge on any atom is -0.465 e. The van der Waals surface area contributed by atoms with Crippen molar-refractivity contribution < 1.29 is 9.90 Å². The molecule has 2 rings (SSSR count). The normalized spacial score (nSPS) is 34.2. The van der Waals surface area contributed by atoms with Gasteiger partial charge in [-0.2, -0.15) is 0 Å². The molecule has 0 unspecified atom stereocenters. The zero-order chi connectivity index (χ0) is 9.26. The van der Waals surface area contributed by atoms with E-state index in [1.807, 2.05) is 0 Å². The van der Waals surface area contributed by atoms with E-state index < -0.39 is 6.09 Å². The third-order valence-corrected chi connectivity index (χ3v) is 3.10.